The van der Waals surface area contributed by atoms with Crippen LogP contribution < -0.4 is 5.32 Å². The van der Waals surface area contributed by atoms with Crippen molar-refractivity contribution < 1.29 is 14.3 Å². The predicted molar refractivity (Wildman–Crippen MR) is 92.0 cm³/mol. The molecule has 1 saturated heterocycles. The number of aromatic nitrogens is 1. The summed E-state index contributed by atoms with van der Waals surface area (Å²) in [5.74, 6) is -0.686. The molecule has 6 heteroatoms. The third-order valence-electron chi connectivity index (χ3n) is 4.69. The molecule has 1 spiro atoms. The highest BCUT2D eigenvalue weighted by atomic mass is 32.1. The van der Waals surface area contributed by atoms with Crippen LogP contribution in [0.15, 0.2) is 29.6 Å². The highest BCUT2D eigenvalue weighted by molar-refractivity contribution is 7.09. The van der Waals surface area contributed by atoms with E-state index in [1.165, 1.54) is 0 Å². The summed E-state index contributed by atoms with van der Waals surface area (Å²) in [4.78, 5) is 17.0. The third-order valence-corrected chi connectivity index (χ3v) is 5.47. The van der Waals surface area contributed by atoms with E-state index in [9.17, 15) is 4.79 Å². The smallest absolute Gasteiger partial charge is 0.251 e. The van der Waals surface area contributed by atoms with Gasteiger partial charge >= 0.3 is 0 Å². The van der Waals surface area contributed by atoms with Crippen LogP contribution in [0, 0.1) is 6.92 Å². The molecule has 1 saturated carbocycles. The molecule has 2 heterocycles. The van der Waals surface area contributed by atoms with Gasteiger partial charge in [0.15, 0.2) is 5.79 Å². The average molecular weight is 344 g/mol. The second-order valence-electron chi connectivity index (χ2n) is 6.26. The number of benzene rings is 1. The molecular formula is C18H20N2O3S. The van der Waals surface area contributed by atoms with E-state index in [4.69, 9.17) is 9.47 Å². The fraction of sp³-hybridized carbons (Fsp3) is 0.444. The van der Waals surface area contributed by atoms with E-state index in [1.54, 1.807) is 11.3 Å². The first-order valence-electron chi connectivity index (χ1n) is 8.28. The van der Waals surface area contributed by atoms with Crippen LogP contribution in [-0.4, -0.2) is 35.9 Å². The quantitative estimate of drug-likeness (QED) is 0.929. The van der Waals surface area contributed by atoms with Crippen LogP contribution in [0.2, 0.25) is 0 Å². The van der Waals surface area contributed by atoms with Gasteiger partial charge < -0.3 is 14.8 Å². The molecule has 5 nitrogen and oxygen atoms in total. The summed E-state index contributed by atoms with van der Waals surface area (Å²) in [5.41, 5.74) is 2.62. The van der Waals surface area contributed by atoms with E-state index in [-0.39, 0.29) is 11.9 Å². The minimum atomic E-state index is -0.603. The first-order chi connectivity index (χ1) is 11.7. The molecule has 0 bridgehead atoms. The zero-order chi connectivity index (χ0) is 16.6. The molecule has 24 heavy (non-hydrogen) atoms. The number of rotatable bonds is 3. The molecule has 126 valence electrons. The lowest BCUT2D eigenvalue weighted by Crippen LogP contribution is -2.49. The van der Waals surface area contributed by atoms with Crippen molar-refractivity contribution in [3.8, 4) is 11.3 Å². The number of carbonyl (C=O) groups is 1. The van der Waals surface area contributed by atoms with Gasteiger partial charge in [0.25, 0.3) is 5.91 Å². The molecule has 1 aliphatic heterocycles. The van der Waals surface area contributed by atoms with Crippen LogP contribution in [-0.2, 0) is 9.47 Å². The Morgan fingerprint density at radius 3 is 2.71 bits per heavy atom. The highest BCUT2D eigenvalue weighted by Crippen LogP contribution is 2.37. The lowest BCUT2D eigenvalue weighted by Gasteiger charge is -2.29. The van der Waals surface area contributed by atoms with Crippen molar-refractivity contribution >= 4 is 17.2 Å². The van der Waals surface area contributed by atoms with Crippen molar-refractivity contribution in [2.75, 3.05) is 13.2 Å². The molecule has 1 atom stereocenters. The second-order valence-corrected chi connectivity index (χ2v) is 7.32. The van der Waals surface area contributed by atoms with Crippen molar-refractivity contribution in [2.24, 2.45) is 0 Å². The van der Waals surface area contributed by atoms with Gasteiger partial charge in [-0.05, 0) is 31.9 Å². The fourth-order valence-corrected chi connectivity index (χ4v) is 4.10. The zero-order valence-corrected chi connectivity index (χ0v) is 14.4. The van der Waals surface area contributed by atoms with Gasteiger partial charge in [0.2, 0.25) is 0 Å². The first kappa shape index (κ1) is 15.7. The lowest BCUT2D eigenvalue weighted by molar-refractivity contribution is -0.164. The lowest BCUT2D eigenvalue weighted by atomic mass is 10.1. The van der Waals surface area contributed by atoms with Gasteiger partial charge in [-0.3, -0.25) is 4.79 Å². The summed E-state index contributed by atoms with van der Waals surface area (Å²) in [6.45, 7) is 3.20. The van der Waals surface area contributed by atoms with Crippen LogP contribution in [0.5, 0.6) is 0 Å². The molecule has 1 aromatic heterocycles. The van der Waals surface area contributed by atoms with Crippen molar-refractivity contribution in [2.45, 2.75) is 38.0 Å². The van der Waals surface area contributed by atoms with E-state index < -0.39 is 5.79 Å². The summed E-state index contributed by atoms with van der Waals surface area (Å²) in [6, 6.07) is 7.50. The van der Waals surface area contributed by atoms with Gasteiger partial charge in [0.05, 0.1) is 30.0 Å². The maximum Gasteiger partial charge on any atom is 0.251 e. The molecule has 2 aromatic rings. The zero-order valence-electron chi connectivity index (χ0n) is 13.6. The average Bonchev–Trinajstić information content (AvgIpc) is 3.32. The summed E-state index contributed by atoms with van der Waals surface area (Å²) in [7, 11) is 0. The molecule has 4 rings (SSSR count). The fourth-order valence-electron chi connectivity index (χ4n) is 3.47. The minimum Gasteiger partial charge on any atom is -0.346 e. The number of hydrogen-bond donors (Lipinski definition) is 1. The number of ether oxygens (including phenoxy) is 2. The van der Waals surface area contributed by atoms with Gasteiger partial charge in [0, 0.05) is 22.9 Å². The normalized spacial score (nSPS) is 22.1. The Bertz CT molecular complexity index is 729. The Kier molecular flexibility index (Phi) is 4.12. The van der Waals surface area contributed by atoms with Crippen LogP contribution in [0.4, 0.5) is 0 Å². The van der Waals surface area contributed by atoms with E-state index in [1.807, 2.05) is 36.6 Å². The molecule has 1 N–H and O–H groups in total. The van der Waals surface area contributed by atoms with Crippen LogP contribution in [0.3, 0.4) is 0 Å². The number of thiazole rings is 1. The number of amides is 1. The number of hydrogen-bond acceptors (Lipinski definition) is 5. The predicted octanol–water partition coefficient (Wildman–Crippen LogP) is 3.14. The monoisotopic (exact) mass is 344 g/mol. The van der Waals surface area contributed by atoms with Crippen molar-refractivity contribution in [3.63, 3.8) is 0 Å². The molecule has 1 aliphatic carbocycles. The van der Waals surface area contributed by atoms with E-state index in [0.29, 0.717) is 18.8 Å². The molecule has 2 fully saturated rings. The number of nitrogens with one attached hydrogen (secondary N) is 1. The number of aryl methyl sites for hydroxylation is 1. The summed E-state index contributed by atoms with van der Waals surface area (Å²) in [6.07, 6.45) is 2.75. The Labute approximate surface area is 145 Å². The van der Waals surface area contributed by atoms with Crippen LogP contribution >= 0.6 is 11.3 Å². The molecule has 1 aromatic carbocycles. The molecule has 1 amide bonds. The highest BCUT2D eigenvalue weighted by Gasteiger charge is 2.48. The van der Waals surface area contributed by atoms with Crippen molar-refractivity contribution in [3.05, 3.63) is 40.2 Å². The molecule has 2 aliphatic rings. The van der Waals surface area contributed by atoms with Gasteiger partial charge in [-0.2, -0.15) is 0 Å². The van der Waals surface area contributed by atoms with E-state index in [2.05, 4.69) is 10.3 Å². The largest absolute Gasteiger partial charge is 0.346 e. The number of carbonyl (C=O) groups excluding carboxylic acids is 1. The Morgan fingerprint density at radius 2 is 2.04 bits per heavy atom. The molecule has 0 radical (unpaired) electrons. The van der Waals surface area contributed by atoms with Crippen LogP contribution in [0.1, 0.15) is 34.6 Å². The van der Waals surface area contributed by atoms with Crippen molar-refractivity contribution in [1.29, 1.82) is 0 Å². The summed E-state index contributed by atoms with van der Waals surface area (Å²) < 4.78 is 11.6. The first-order valence-corrected chi connectivity index (χ1v) is 9.16. The Hall–Kier alpha value is -1.76. The molecule has 1 unspecified atom stereocenters. The Balaban J connectivity index is 1.46. The SMILES string of the molecule is Cc1nc(-c2ccc(C(=O)NC3CCCC34OCCO4)cc2)cs1. The molecular weight excluding hydrogens is 324 g/mol. The number of nitrogens with zero attached hydrogens (tertiary/aromatic N) is 1. The third kappa shape index (κ3) is 2.85. The Morgan fingerprint density at radius 1 is 1.29 bits per heavy atom. The summed E-state index contributed by atoms with van der Waals surface area (Å²) >= 11 is 1.62. The standard InChI is InChI=1S/C18H20N2O3S/c1-12-19-15(11-24-12)13-4-6-14(7-5-13)17(21)20-16-3-2-8-18(16)22-9-10-23-18/h4-7,11,16H,2-3,8-10H2,1H3,(H,20,21). The maximum absolute atomic E-state index is 12.6. The van der Waals surface area contributed by atoms with E-state index in [0.717, 1.165) is 35.5 Å². The van der Waals surface area contributed by atoms with Crippen LogP contribution in [0.25, 0.3) is 11.3 Å². The van der Waals surface area contributed by atoms with Gasteiger partial charge in [-0.15, -0.1) is 11.3 Å². The maximum atomic E-state index is 12.6. The van der Waals surface area contributed by atoms with E-state index >= 15 is 0 Å². The van der Waals surface area contributed by atoms with Gasteiger partial charge in [-0.1, -0.05) is 12.1 Å². The van der Waals surface area contributed by atoms with Crippen molar-refractivity contribution in [1.82, 2.24) is 10.3 Å². The second kappa shape index (κ2) is 6.27. The summed E-state index contributed by atoms with van der Waals surface area (Å²) in [5, 5.41) is 6.15. The van der Waals surface area contributed by atoms with Gasteiger partial charge in [-0.25, -0.2) is 4.98 Å². The van der Waals surface area contributed by atoms with Gasteiger partial charge in [0.1, 0.15) is 0 Å². The topological polar surface area (TPSA) is 60.5 Å². The minimum absolute atomic E-state index is 0.0756.